The average molecular weight is 338 g/mol. The Bertz CT molecular complexity index is 665. The van der Waals surface area contributed by atoms with Crippen LogP contribution in [0, 0.1) is 6.92 Å². The minimum atomic E-state index is -0.0563. The average Bonchev–Trinajstić information content (AvgIpc) is 2.51. The molecule has 25 heavy (non-hydrogen) atoms. The first-order chi connectivity index (χ1) is 11.7. The molecule has 0 heterocycles. The lowest BCUT2D eigenvalue weighted by Crippen LogP contribution is -2.04. The van der Waals surface area contributed by atoms with Crippen molar-refractivity contribution in [1.29, 1.82) is 0 Å². The van der Waals surface area contributed by atoms with Gasteiger partial charge in [0.1, 0.15) is 5.78 Å². The Kier molecular flexibility index (Phi) is 10.8. The first-order valence-corrected chi connectivity index (χ1v) is 8.37. The van der Waals surface area contributed by atoms with Gasteiger partial charge in [-0.15, -0.1) is 0 Å². The highest BCUT2D eigenvalue weighted by molar-refractivity contribution is 5.72. The van der Waals surface area contributed by atoms with Gasteiger partial charge in [-0.25, -0.2) is 0 Å². The van der Waals surface area contributed by atoms with E-state index in [0.29, 0.717) is 0 Å². The van der Waals surface area contributed by atoms with E-state index in [0.717, 1.165) is 5.57 Å². The number of benzene rings is 1. The zero-order valence-corrected chi connectivity index (χ0v) is 16.5. The maximum Gasteiger partial charge on any atom is 0.126 e. The molecule has 0 aromatic heterocycles. The van der Waals surface area contributed by atoms with E-state index in [1.54, 1.807) is 6.08 Å². The van der Waals surface area contributed by atoms with Gasteiger partial charge in [-0.2, -0.15) is 0 Å². The molecule has 1 aromatic rings. The Hall–Kier alpha value is -2.48. The zero-order chi connectivity index (χ0) is 19.4. The van der Waals surface area contributed by atoms with Gasteiger partial charge in [0.25, 0.3) is 0 Å². The summed E-state index contributed by atoms with van der Waals surface area (Å²) in [5, 5.41) is 0. The largest absolute Gasteiger partial charge is 0.300 e. The molecule has 0 radical (unpaired) electrons. The summed E-state index contributed by atoms with van der Waals surface area (Å²) in [4.78, 5) is 13.7. The zero-order valence-electron chi connectivity index (χ0n) is 16.5. The van der Waals surface area contributed by atoms with Crippen molar-refractivity contribution in [2.24, 2.45) is 4.99 Å². The van der Waals surface area contributed by atoms with Gasteiger partial charge < -0.3 is 4.79 Å². The quantitative estimate of drug-likeness (QED) is 0.453. The van der Waals surface area contributed by atoms with Crippen LogP contribution in [0.4, 0.5) is 0 Å². The summed E-state index contributed by atoms with van der Waals surface area (Å²) in [6, 6.07) is 8.47. The normalized spacial score (nSPS) is 12.4. The van der Waals surface area contributed by atoms with Crippen molar-refractivity contribution in [3.8, 4) is 0 Å². The summed E-state index contributed by atoms with van der Waals surface area (Å²) < 4.78 is 0. The summed E-state index contributed by atoms with van der Waals surface area (Å²) in [7, 11) is 0. The molecule has 1 rings (SSSR count). The standard InChI is InChI=1S/C20H25N.C3H6O/c1-7-8-19(13-15(2)3)20(21-6)14-17(5)18-11-9-16(4)10-12-18;1-3(2)4/h7-14,20H,1,6H2,2-5H3;1-2H3/b17-14+,19-8+;. The van der Waals surface area contributed by atoms with E-state index in [1.165, 1.54) is 36.1 Å². The molecule has 1 atom stereocenters. The van der Waals surface area contributed by atoms with Crippen LogP contribution in [-0.4, -0.2) is 18.5 Å². The molecule has 134 valence electrons. The van der Waals surface area contributed by atoms with Crippen molar-refractivity contribution in [1.82, 2.24) is 0 Å². The molecule has 2 nitrogen and oxygen atoms in total. The molecule has 0 spiro atoms. The Morgan fingerprint density at radius 3 is 2.00 bits per heavy atom. The van der Waals surface area contributed by atoms with Crippen LogP contribution in [0.25, 0.3) is 5.57 Å². The van der Waals surface area contributed by atoms with Crippen LogP contribution in [-0.2, 0) is 4.79 Å². The fourth-order valence-electron chi connectivity index (χ4n) is 2.11. The van der Waals surface area contributed by atoms with Gasteiger partial charge in [0.05, 0.1) is 6.04 Å². The number of Topliss-reactive ketones (excluding diaryl/α,β-unsaturated/α-hetero) is 1. The molecule has 0 aliphatic carbocycles. The van der Waals surface area contributed by atoms with Crippen molar-refractivity contribution < 1.29 is 4.79 Å². The van der Waals surface area contributed by atoms with E-state index in [-0.39, 0.29) is 11.8 Å². The smallest absolute Gasteiger partial charge is 0.126 e. The Balaban J connectivity index is 0.00000129. The first kappa shape index (κ1) is 22.5. The summed E-state index contributed by atoms with van der Waals surface area (Å²) in [6.45, 7) is 18.9. The van der Waals surface area contributed by atoms with Gasteiger partial charge >= 0.3 is 0 Å². The number of hydrogen-bond acceptors (Lipinski definition) is 2. The molecule has 0 fully saturated rings. The highest BCUT2D eigenvalue weighted by Gasteiger charge is 2.08. The van der Waals surface area contributed by atoms with Crippen molar-refractivity contribution in [2.45, 2.75) is 47.6 Å². The summed E-state index contributed by atoms with van der Waals surface area (Å²) >= 11 is 0. The third-order valence-electron chi connectivity index (χ3n) is 3.22. The van der Waals surface area contributed by atoms with Crippen LogP contribution in [0.15, 0.2) is 71.3 Å². The van der Waals surface area contributed by atoms with E-state index in [4.69, 9.17) is 0 Å². The van der Waals surface area contributed by atoms with E-state index >= 15 is 0 Å². The number of aryl methyl sites for hydroxylation is 1. The van der Waals surface area contributed by atoms with Gasteiger partial charge in [0, 0.05) is 0 Å². The molecule has 1 unspecified atom stereocenters. The Morgan fingerprint density at radius 2 is 1.60 bits per heavy atom. The van der Waals surface area contributed by atoms with E-state index in [9.17, 15) is 4.79 Å². The lowest BCUT2D eigenvalue weighted by Gasteiger charge is -2.12. The molecule has 0 aliphatic heterocycles. The molecule has 0 N–H and O–H groups in total. The minimum absolute atomic E-state index is 0.0563. The topological polar surface area (TPSA) is 29.4 Å². The number of ketones is 1. The molecular weight excluding hydrogens is 306 g/mol. The lowest BCUT2D eigenvalue weighted by molar-refractivity contribution is -0.114. The number of hydrogen-bond donors (Lipinski definition) is 0. The number of nitrogens with zero attached hydrogens (tertiary/aromatic N) is 1. The van der Waals surface area contributed by atoms with Crippen LogP contribution in [0.2, 0.25) is 0 Å². The maximum absolute atomic E-state index is 9.44. The SMILES string of the molecule is C=C/C=C(\C=C(C)C)C(/C=C(\C)c1ccc(C)cc1)N=C.CC(C)=O. The molecular formula is C23H31NO. The summed E-state index contributed by atoms with van der Waals surface area (Å²) in [6.07, 6.45) is 8.06. The van der Waals surface area contributed by atoms with Crippen LogP contribution in [0.5, 0.6) is 0 Å². The van der Waals surface area contributed by atoms with Gasteiger partial charge in [-0.3, -0.25) is 4.99 Å². The molecule has 0 saturated heterocycles. The number of carbonyl (C=O) groups excluding carboxylic acids is 1. The van der Waals surface area contributed by atoms with E-state index < -0.39 is 0 Å². The Morgan fingerprint density at radius 1 is 1.08 bits per heavy atom. The van der Waals surface area contributed by atoms with Gasteiger partial charge in [0.2, 0.25) is 0 Å². The summed E-state index contributed by atoms with van der Waals surface area (Å²) in [5.74, 6) is 0.167. The predicted molar refractivity (Wildman–Crippen MR) is 112 cm³/mol. The Labute approximate surface area is 153 Å². The molecule has 0 bridgehead atoms. The third kappa shape index (κ3) is 10.1. The highest BCUT2D eigenvalue weighted by Crippen LogP contribution is 2.20. The number of allylic oxidation sites excluding steroid dienone is 4. The van der Waals surface area contributed by atoms with Gasteiger partial charge in [0.15, 0.2) is 0 Å². The van der Waals surface area contributed by atoms with Gasteiger partial charge in [-0.05, 0) is 65.0 Å². The first-order valence-electron chi connectivity index (χ1n) is 8.37. The minimum Gasteiger partial charge on any atom is -0.300 e. The van der Waals surface area contributed by atoms with Gasteiger partial charge in [-0.1, -0.05) is 66.3 Å². The van der Waals surface area contributed by atoms with Crippen LogP contribution >= 0.6 is 0 Å². The number of carbonyl (C=O) groups is 1. The molecule has 2 heteroatoms. The van der Waals surface area contributed by atoms with Crippen LogP contribution in [0.1, 0.15) is 45.7 Å². The van der Waals surface area contributed by atoms with Crippen molar-refractivity contribution >= 4 is 18.1 Å². The fourth-order valence-corrected chi connectivity index (χ4v) is 2.11. The van der Waals surface area contributed by atoms with Crippen molar-refractivity contribution in [3.05, 3.63) is 77.4 Å². The summed E-state index contributed by atoms with van der Waals surface area (Å²) in [5.41, 5.74) is 6.01. The van der Waals surface area contributed by atoms with Crippen molar-refractivity contribution in [3.63, 3.8) is 0 Å². The monoisotopic (exact) mass is 337 g/mol. The lowest BCUT2D eigenvalue weighted by atomic mass is 9.98. The number of rotatable bonds is 6. The molecule has 0 amide bonds. The number of aliphatic imine (C=N–C) groups is 1. The van der Waals surface area contributed by atoms with E-state index in [2.05, 4.69) is 82.4 Å². The van der Waals surface area contributed by atoms with Crippen molar-refractivity contribution in [2.75, 3.05) is 0 Å². The second-order valence-corrected chi connectivity index (χ2v) is 6.38. The van der Waals surface area contributed by atoms with E-state index in [1.807, 2.05) is 6.08 Å². The van der Waals surface area contributed by atoms with Crippen LogP contribution < -0.4 is 0 Å². The second-order valence-electron chi connectivity index (χ2n) is 6.38. The fraction of sp³-hybridized carbons (Fsp3) is 0.304. The maximum atomic E-state index is 9.44. The predicted octanol–water partition coefficient (Wildman–Crippen LogP) is 6.14. The molecule has 0 saturated carbocycles. The van der Waals surface area contributed by atoms with Crippen LogP contribution in [0.3, 0.4) is 0 Å². The second kappa shape index (κ2) is 12.0. The third-order valence-corrected chi connectivity index (χ3v) is 3.22. The highest BCUT2D eigenvalue weighted by atomic mass is 16.1. The molecule has 1 aromatic carbocycles. The molecule has 0 aliphatic rings.